The molecule has 0 saturated heterocycles. The van der Waals surface area contributed by atoms with Gasteiger partial charge < -0.3 is 5.11 Å². The van der Waals surface area contributed by atoms with Gasteiger partial charge in [0.2, 0.25) is 10.0 Å². The predicted molar refractivity (Wildman–Crippen MR) is 77.7 cm³/mol. The molecule has 0 radical (unpaired) electrons. The van der Waals surface area contributed by atoms with Crippen LogP contribution in [0.4, 0.5) is 0 Å². The average molecular weight is 340 g/mol. The van der Waals surface area contributed by atoms with Crippen LogP contribution in [0.15, 0.2) is 23.1 Å². The molecule has 8 heteroatoms. The fourth-order valence-corrected chi connectivity index (χ4v) is 3.59. The van der Waals surface area contributed by atoms with E-state index < -0.39 is 22.0 Å². The van der Waals surface area contributed by atoms with Gasteiger partial charge in [0, 0.05) is 10.0 Å². The molecule has 0 amide bonds. The molecule has 1 aromatic rings. The highest BCUT2D eigenvalue weighted by molar-refractivity contribution is 7.89. The number of nitrogens with one attached hydrogen (secondary N) is 1. The summed E-state index contributed by atoms with van der Waals surface area (Å²) in [4.78, 5) is 11.0. The maximum atomic E-state index is 12.2. The highest BCUT2D eigenvalue weighted by Crippen LogP contribution is 2.23. The highest BCUT2D eigenvalue weighted by Gasteiger charge is 2.29. The molecule has 0 spiro atoms. The molecule has 5 nitrogen and oxygen atoms in total. The highest BCUT2D eigenvalue weighted by atomic mass is 35.5. The zero-order chi connectivity index (χ0) is 15.5. The Kier molecular flexibility index (Phi) is 5.82. The Labute approximate surface area is 127 Å². The van der Waals surface area contributed by atoms with E-state index in [1.807, 2.05) is 0 Å². The minimum atomic E-state index is -4.00. The first-order valence-corrected chi connectivity index (χ1v) is 8.12. The van der Waals surface area contributed by atoms with Gasteiger partial charge >= 0.3 is 5.97 Å². The van der Waals surface area contributed by atoms with Crippen LogP contribution < -0.4 is 4.72 Å². The third-order valence-electron chi connectivity index (χ3n) is 2.91. The van der Waals surface area contributed by atoms with Crippen LogP contribution in [0.5, 0.6) is 0 Å². The summed E-state index contributed by atoms with van der Waals surface area (Å²) in [6.45, 7) is 3.44. The van der Waals surface area contributed by atoms with Crippen LogP contribution in [-0.2, 0) is 14.8 Å². The van der Waals surface area contributed by atoms with Gasteiger partial charge in [-0.1, -0.05) is 43.5 Å². The molecule has 0 unspecified atom stereocenters. The number of hydrogen-bond acceptors (Lipinski definition) is 3. The number of carboxylic acid groups (broad SMARTS) is 1. The van der Waals surface area contributed by atoms with E-state index in [4.69, 9.17) is 28.3 Å². The second-order valence-electron chi connectivity index (χ2n) is 4.43. The molecule has 112 valence electrons. The first kappa shape index (κ1) is 17.2. The minimum absolute atomic E-state index is 0.160. The van der Waals surface area contributed by atoms with Gasteiger partial charge in [-0.3, -0.25) is 4.79 Å². The van der Waals surface area contributed by atoms with Crippen molar-refractivity contribution in [2.24, 2.45) is 5.92 Å². The number of hydrogen-bond donors (Lipinski definition) is 2. The predicted octanol–water partition coefficient (Wildman–Crippen LogP) is 2.77. The lowest BCUT2D eigenvalue weighted by Gasteiger charge is -2.20. The van der Waals surface area contributed by atoms with Crippen LogP contribution in [0, 0.1) is 5.92 Å². The summed E-state index contributed by atoms with van der Waals surface area (Å²) >= 11 is 11.5. The molecule has 0 aliphatic heterocycles. The average Bonchev–Trinajstić information content (AvgIpc) is 2.33. The van der Waals surface area contributed by atoms with Crippen LogP contribution >= 0.6 is 23.2 Å². The van der Waals surface area contributed by atoms with E-state index in [-0.39, 0.29) is 20.9 Å². The van der Waals surface area contributed by atoms with Gasteiger partial charge in [0.25, 0.3) is 0 Å². The first-order chi connectivity index (χ1) is 9.17. The van der Waals surface area contributed by atoms with Crippen molar-refractivity contribution in [3.05, 3.63) is 28.2 Å². The molecule has 0 aliphatic carbocycles. The van der Waals surface area contributed by atoms with Crippen molar-refractivity contribution in [3.63, 3.8) is 0 Å². The zero-order valence-corrected chi connectivity index (χ0v) is 13.3. The lowest BCUT2D eigenvalue weighted by molar-refractivity contribution is -0.140. The van der Waals surface area contributed by atoms with Crippen LogP contribution in [0.2, 0.25) is 10.0 Å². The Bertz CT molecular complexity index is 583. The molecule has 0 heterocycles. The summed E-state index contributed by atoms with van der Waals surface area (Å²) in [5, 5.41) is 9.44. The number of carbonyl (C=O) groups is 1. The molecule has 1 aromatic carbocycles. The summed E-state index contributed by atoms with van der Waals surface area (Å²) in [5.74, 6) is -1.58. The first-order valence-electron chi connectivity index (χ1n) is 5.88. The Morgan fingerprint density at radius 3 is 2.20 bits per heavy atom. The van der Waals surface area contributed by atoms with Gasteiger partial charge in [0.05, 0.1) is 4.90 Å². The quantitative estimate of drug-likeness (QED) is 0.834. The van der Waals surface area contributed by atoms with Crippen molar-refractivity contribution >= 4 is 39.2 Å². The van der Waals surface area contributed by atoms with E-state index in [1.54, 1.807) is 13.8 Å². The molecule has 0 fully saturated rings. The normalized spacial score (nSPS) is 14.8. The smallest absolute Gasteiger partial charge is 0.322 e. The van der Waals surface area contributed by atoms with E-state index in [0.29, 0.717) is 6.42 Å². The Balaban J connectivity index is 3.13. The van der Waals surface area contributed by atoms with Gasteiger partial charge in [0.15, 0.2) is 0 Å². The standard InChI is InChI=1S/C12H15Cl2NO4S/c1-3-7(2)11(12(16)17)15-20(18,19)10-5-8(13)4-9(14)6-10/h4-7,11,15H,3H2,1-2H3,(H,16,17)/t7-,11-/m0/s1. The summed E-state index contributed by atoms with van der Waals surface area (Å²) in [7, 11) is -4.00. The third-order valence-corrected chi connectivity index (χ3v) is 4.76. The van der Waals surface area contributed by atoms with E-state index >= 15 is 0 Å². The molecule has 20 heavy (non-hydrogen) atoms. The molecule has 2 atom stereocenters. The maximum Gasteiger partial charge on any atom is 0.322 e. The molecule has 0 saturated carbocycles. The number of sulfonamides is 1. The second kappa shape index (κ2) is 6.76. The van der Waals surface area contributed by atoms with Gasteiger partial charge in [0.1, 0.15) is 6.04 Å². The van der Waals surface area contributed by atoms with Gasteiger partial charge in [-0.2, -0.15) is 4.72 Å². The van der Waals surface area contributed by atoms with Crippen molar-refractivity contribution in [2.75, 3.05) is 0 Å². The zero-order valence-electron chi connectivity index (χ0n) is 10.9. The van der Waals surface area contributed by atoms with E-state index in [1.165, 1.54) is 18.2 Å². The Morgan fingerprint density at radius 1 is 1.30 bits per heavy atom. The molecule has 0 aromatic heterocycles. The second-order valence-corrected chi connectivity index (χ2v) is 7.01. The summed E-state index contributed by atoms with van der Waals surface area (Å²) < 4.78 is 26.5. The SMILES string of the molecule is CC[C@H](C)[C@H](NS(=O)(=O)c1cc(Cl)cc(Cl)c1)C(=O)O. The van der Waals surface area contributed by atoms with Crippen LogP contribution in [-0.4, -0.2) is 25.5 Å². The number of benzene rings is 1. The van der Waals surface area contributed by atoms with Gasteiger partial charge in [-0.15, -0.1) is 0 Å². The Morgan fingerprint density at radius 2 is 1.80 bits per heavy atom. The maximum absolute atomic E-state index is 12.2. The van der Waals surface area contributed by atoms with Crippen molar-refractivity contribution in [2.45, 2.75) is 31.2 Å². The van der Waals surface area contributed by atoms with E-state index in [0.717, 1.165) is 0 Å². The largest absolute Gasteiger partial charge is 0.480 e. The summed E-state index contributed by atoms with van der Waals surface area (Å²) in [6, 6.07) is 2.62. The van der Waals surface area contributed by atoms with Crippen LogP contribution in [0.3, 0.4) is 0 Å². The third kappa shape index (κ3) is 4.34. The number of carboxylic acids is 1. The molecule has 2 N–H and O–H groups in total. The van der Waals surface area contributed by atoms with Crippen molar-refractivity contribution < 1.29 is 18.3 Å². The molecular formula is C12H15Cl2NO4S. The molecule has 0 bridgehead atoms. The van der Waals surface area contributed by atoms with Gasteiger partial charge in [-0.05, 0) is 24.1 Å². The number of halogens is 2. The molecule has 0 aliphatic rings. The number of aliphatic carboxylic acids is 1. The fourth-order valence-electron chi connectivity index (χ4n) is 1.56. The Hall–Kier alpha value is -0.820. The van der Waals surface area contributed by atoms with E-state index in [9.17, 15) is 13.2 Å². The lowest BCUT2D eigenvalue weighted by atomic mass is 10.0. The van der Waals surface area contributed by atoms with Crippen molar-refractivity contribution in [1.82, 2.24) is 4.72 Å². The minimum Gasteiger partial charge on any atom is -0.480 e. The van der Waals surface area contributed by atoms with Crippen LogP contribution in [0.25, 0.3) is 0 Å². The van der Waals surface area contributed by atoms with Crippen molar-refractivity contribution in [1.29, 1.82) is 0 Å². The topological polar surface area (TPSA) is 83.5 Å². The van der Waals surface area contributed by atoms with Gasteiger partial charge in [-0.25, -0.2) is 8.42 Å². The number of rotatable bonds is 6. The van der Waals surface area contributed by atoms with Crippen LogP contribution in [0.1, 0.15) is 20.3 Å². The van der Waals surface area contributed by atoms with Crippen molar-refractivity contribution in [3.8, 4) is 0 Å². The summed E-state index contributed by atoms with van der Waals surface area (Å²) in [6.07, 6.45) is 0.524. The fraction of sp³-hybridized carbons (Fsp3) is 0.417. The molecular weight excluding hydrogens is 325 g/mol. The summed E-state index contributed by atoms with van der Waals surface area (Å²) in [5.41, 5.74) is 0. The monoisotopic (exact) mass is 339 g/mol. The molecule has 1 rings (SSSR count). The van der Waals surface area contributed by atoms with E-state index in [2.05, 4.69) is 4.72 Å². The lowest BCUT2D eigenvalue weighted by Crippen LogP contribution is -2.44.